The molecule has 0 aliphatic heterocycles. The van der Waals surface area contributed by atoms with Gasteiger partial charge >= 0.3 is 0 Å². The number of carbonyl (C=O) groups is 1. The fourth-order valence-electron chi connectivity index (χ4n) is 0.815. The number of amides is 1. The summed E-state index contributed by atoms with van der Waals surface area (Å²) >= 11 is 3.97. The summed E-state index contributed by atoms with van der Waals surface area (Å²) in [6, 6.07) is 0.192. The third-order valence-electron chi connectivity index (χ3n) is 1.50. The summed E-state index contributed by atoms with van der Waals surface area (Å²) < 4.78 is 4.89. The normalized spacial score (nSPS) is 12.6. The minimum Gasteiger partial charge on any atom is -0.385 e. The van der Waals surface area contributed by atoms with Crippen LogP contribution in [0.15, 0.2) is 0 Å². The van der Waals surface area contributed by atoms with Crippen molar-refractivity contribution in [2.24, 2.45) is 0 Å². The molecule has 12 heavy (non-hydrogen) atoms. The van der Waals surface area contributed by atoms with E-state index in [2.05, 4.69) is 17.9 Å². The smallest absolute Gasteiger partial charge is 0.221 e. The highest BCUT2D eigenvalue weighted by atomic mass is 32.1. The molecule has 0 saturated heterocycles. The van der Waals surface area contributed by atoms with E-state index in [-0.39, 0.29) is 11.9 Å². The van der Waals surface area contributed by atoms with Crippen molar-refractivity contribution < 1.29 is 9.53 Å². The van der Waals surface area contributed by atoms with Gasteiger partial charge in [-0.1, -0.05) is 0 Å². The molecule has 0 spiro atoms. The summed E-state index contributed by atoms with van der Waals surface area (Å²) in [5, 5.41) is 2.85. The van der Waals surface area contributed by atoms with Crippen LogP contribution < -0.4 is 5.32 Å². The van der Waals surface area contributed by atoms with Crippen molar-refractivity contribution in [3.63, 3.8) is 0 Å². The van der Waals surface area contributed by atoms with Gasteiger partial charge in [0.1, 0.15) is 0 Å². The SMILES string of the molecule is COCCC(C)NC(=O)CCS. The van der Waals surface area contributed by atoms with E-state index in [1.807, 2.05) is 6.92 Å². The van der Waals surface area contributed by atoms with Crippen molar-refractivity contribution in [3.8, 4) is 0 Å². The van der Waals surface area contributed by atoms with Crippen molar-refractivity contribution in [2.75, 3.05) is 19.5 Å². The van der Waals surface area contributed by atoms with Gasteiger partial charge in [-0.2, -0.15) is 12.6 Å². The minimum absolute atomic E-state index is 0.0635. The molecule has 4 heteroatoms. The van der Waals surface area contributed by atoms with Gasteiger partial charge in [-0.25, -0.2) is 0 Å². The van der Waals surface area contributed by atoms with Gasteiger partial charge in [0.05, 0.1) is 0 Å². The van der Waals surface area contributed by atoms with Crippen molar-refractivity contribution in [1.29, 1.82) is 0 Å². The Balaban J connectivity index is 3.40. The molecular weight excluding hydrogens is 174 g/mol. The quantitative estimate of drug-likeness (QED) is 0.611. The van der Waals surface area contributed by atoms with E-state index in [9.17, 15) is 4.79 Å². The first kappa shape index (κ1) is 11.8. The van der Waals surface area contributed by atoms with Crippen molar-refractivity contribution in [3.05, 3.63) is 0 Å². The van der Waals surface area contributed by atoms with E-state index < -0.39 is 0 Å². The third-order valence-corrected chi connectivity index (χ3v) is 1.72. The Labute approximate surface area is 79.3 Å². The number of ether oxygens (including phenoxy) is 1. The maximum absolute atomic E-state index is 11.0. The zero-order chi connectivity index (χ0) is 9.40. The van der Waals surface area contributed by atoms with E-state index in [0.29, 0.717) is 18.8 Å². The highest BCUT2D eigenvalue weighted by Crippen LogP contribution is 1.92. The van der Waals surface area contributed by atoms with Gasteiger partial charge in [-0.05, 0) is 19.1 Å². The zero-order valence-electron chi connectivity index (χ0n) is 7.67. The third kappa shape index (κ3) is 6.49. The molecule has 1 N–H and O–H groups in total. The first-order valence-electron chi connectivity index (χ1n) is 4.10. The lowest BCUT2D eigenvalue weighted by atomic mass is 10.2. The standard InChI is InChI=1S/C8H17NO2S/c1-7(3-5-11-2)9-8(10)4-6-12/h7,12H,3-6H2,1-2H3,(H,9,10). The zero-order valence-corrected chi connectivity index (χ0v) is 8.56. The van der Waals surface area contributed by atoms with Gasteiger partial charge in [0.15, 0.2) is 0 Å². The van der Waals surface area contributed by atoms with Crippen LogP contribution in [-0.4, -0.2) is 31.4 Å². The molecule has 0 aromatic heterocycles. The molecule has 0 bridgehead atoms. The molecule has 0 rings (SSSR count). The molecule has 1 amide bonds. The summed E-state index contributed by atoms with van der Waals surface area (Å²) in [6.45, 7) is 2.65. The molecule has 0 fully saturated rings. The molecule has 0 radical (unpaired) electrons. The molecule has 0 aliphatic rings. The Morgan fingerprint density at radius 2 is 2.33 bits per heavy atom. The number of rotatable bonds is 6. The predicted octanol–water partition coefficient (Wildman–Crippen LogP) is 0.847. The monoisotopic (exact) mass is 191 g/mol. The Kier molecular flexibility index (Phi) is 7.29. The fraction of sp³-hybridized carbons (Fsp3) is 0.875. The number of methoxy groups -OCH3 is 1. The topological polar surface area (TPSA) is 38.3 Å². The van der Waals surface area contributed by atoms with Crippen LogP contribution in [0.4, 0.5) is 0 Å². The van der Waals surface area contributed by atoms with Gasteiger partial charge in [0.2, 0.25) is 5.91 Å². The van der Waals surface area contributed by atoms with E-state index in [0.717, 1.165) is 6.42 Å². The van der Waals surface area contributed by atoms with E-state index >= 15 is 0 Å². The Morgan fingerprint density at radius 1 is 1.67 bits per heavy atom. The maximum atomic E-state index is 11.0. The van der Waals surface area contributed by atoms with Crippen LogP contribution in [0.3, 0.4) is 0 Å². The van der Waals surface area contributed by atoms with Crippen molar-refractivity contribution in [2.45, 2.75) is 25.8 Å². The lowest BCUT2D eigenvalue weighted by molar-refractivity contribution is -0.121. The molecule has 3 nitrogen and oxygen atoms in total. The fourth-order valence-corrected chi connectivity index (χ4v) is 1.02. The van der Waals surface area contributed by atoms with Gasteiger partial charge in [-0.3, -0.25) is 4.79 Å². The van der Waals surface area contributed by atoms with E-state index in [4.69, 9.17) is 4.74 Å². The Bertz CT molecular complexity index is 130. The van der Waals surface area contributed by atoms with Crippen LogP contribution in [-0.2, 0) is 9.53 Å². The molecule has 72 valence electrons. The summed E-state index contributed by atoms with van der Waals surface area (Å²) in [4.78, 5) is 11.0. The van der Waals surface area contributed by atoms with Gasteiger partial charge < -0.3 is 10.1 Å². The van der Waals surface area contributed by atoms with Crippen LogP contribution in [0.25, 0.3) is 0 Å². The van der Waals surface area contributed by atoms with Crippen LogP contribution in [0, 0.1) is 0 Å². The number of hydrogen-bond acceptors (Lipinski definition) is 3. The summed E-state index contributed by atoms with van der Waals surface area (Å²) in [5.41, 5.74) is 0. The van der Waals surface area contributed by atoms with E-state index in [1.165, 1.54) is 0 Å². The number of hydrogen-bond donors (Lipinski definition) is 2. The minimum atomic E-state index is 0.0635. The Hall–Kier alpha value is -0.220. The molecule has 1 atom stereocenters. The van der Waals surface area contributed by atoms with Crippen molar-refractivity contribution >= 4 is 18.5 Å². The van der Waals surface area contributed by atoms with Crippen LogP contribution in [0.2, 0.25) is 0 Å². The second kappa shape index (κ2) is 7.43. The summed E-state index contributed by atoms with van der Waals surface area (Å²) in [6.07, 6.45) is 1.34. The van der Waals surface area contributed by atoms with Crippen LogP contribution in [0.1, 0.15) is 19.8 Å². The molecular formula is C8H17NO2S. The van der Waals surface area contributed by atoms with Gasteiger partial charge in [-0.15, -0.1) is 0 Å². The molecule has 0 aromatic carbocycles. The second-order valence-corrected chi connectivity index (χ2v) is 3.17. The highest BCUT2D eigenvalue weighted by Gasteiger charge is 2.05. The predicted molar refractivity (Wildman–Crippen MR) is 52.6 cm³/mol. The number of nitrogens with one attached hydrogen (secondary N) is 1. The maximum Gasteiger partial charge on any atom is 0.221 e. The number of carbonyl (C=O) groups excluding carboxylic acids is 1. The summed E-state index contributed by atoms with van der Waals surface area (Å²) in [5.74, 6) is 0.664. The second-order valence-electron chi connectivity index (χ2n) is 2.72. The Morgan fingerprint density at radius 3 is 2.83 bits per heavy atom. The van der Waals surface area contributed by atoms with Crippen molar-refractivity contribution in [1.82, 2.24) is 5.32 Å². The first-order valence-corrected chi connectivity index (χ1v) is 4.73. The van der Waals surface area contributed by atoms with Crippen LogP contribution >= 0.6 is 12.6 Å². The van der Waals surface area contributed by atoms with Gasteiger partial charge in [0.25, 0.3) is 0 Å². The average Bonchev–Trinajstić information content (AvgIpc) is 2.01. The molecule has 0 aromatic rings. The lowest BCUT2D eigenvalue weighted by Gasteiger charge is -2.12. The molecule has 0 saturated carbocycles. The summed E-state index contributed by atoms with van der Waals surface area (Å²) in [7, 11) is 1.66. The molecule has 0 aliphatic carbocycles. The molecule has 0 heterocycles. The van der Waals surface area contributed by atoms with E-state index in [1.54, 1.807) is 7.11 Å². The lowest BCUT2D eigenvalue weighted by Crippen LogP contribution is -2.33. The first-order chi connectivity index (χ1) is 5.70. The number of thiol groups is 1. The highest BCUT2D eigenvalue weighted by molar-refractivity contribution is 7.80. The largest absolute Gasteiger partial charge is 0.385 e. The molecule has 1 unspecified atom stereocenters. The average molecular weight is 191 g/mol. The van der Waals surface area contributed by atoms with Gasteiger partial charge in [0, 0.05) is 26.2 Å². The van der Waals surface area contributed by atoms with Crippen LogP contribution in [0.5, 0.6) is 0 Å².